The molecular formula is C8H18N2. The van der Waals surface area contributed by atoms with E-state index >= 15 is 0 Å². The molecule has 1 unspecified atom stereocenters. The van der Waals surface area contributed by atoms with Crippen molar-refractivity contribution < 1.29 is 0 Å². The van der Waals surface area contributed by atoms with Gasteiger partial charge in [0.05, 0.1) is 0 Å². The Balaban J connectivity index is 2.41. The standard InChI is InChI=1S/C8H18N2/c1-3-8(2)7-9-5-4-6-10-8/h9-10H,3-7H2,1-2H3. The first-order valence-corrected chi connectivity index (χ1v) is 4.22. The summed E-state index contributed by atoms with van der Waals surface area (Å²) < 4.78 is 0. The van der Waals surface area contributed by atoms with Crippen LogP contribution in [0.3, 0.4) is 0 Å². The van der Waals surface area contributed by atoms with Crippen LogP contribution in [0.1, 0.15) is 26.7 Å². The molecule has 0 aliphatic carbocycles. The lowest BCUT2D eigenvalue weighted by Gasteiger charge is -2.27. The summed E-state index contributed by atoms with van der Waals surface area (Å²) in [5.74, 6) is 0. The van der Waals surface area contributed by atoms with Crippen LogP contribution in [0.15, 0.2) is 0 Å². The fourth-order valence-electron chi connectivity index (χ4n) is 1.28. The second-order valence-electron chi connectivity index (χ2n) is 3.37. The molecule has 1 aliphatic rings. The smallest absolute Gasteiger partial charge is 0.0275 e. The average molecular weight is 142 g/mol. The highest BCUT2D eigenvalue weighted by atomic mass is 15.0. The summed E-state index contributed by atoms with van der Waals surface area (Å²) in [5, 5.41) is 6.97. The Hall–Kier alpha value is -0.0800. The van der Waals surface area contributed by atoms with Gasteiger partial charge in [-0.15, -0.1) is 0 Å². The maximum absolute atomic E-state index is 3.55. The molecule has 1 atom stereocenters. The molecule has 1 aliphatic heterocycles. The Kier molecular flexibility index (Phi) is 2.69. The summed E-state index contributed by atoms with van der Waals surface area (Å²) >= 11 is 0. The van der Waals surface area contributed by atoms with Gasteiger partial charge in [0.25, 0.3) is 0 Å². The summed E-state index contributed by atoms with van der Waals surface area (Å²) in [6.45, 7) is 7.97. The lowest BCUT2D eigenvalue weighted by molar-refractivity contribution is 0.354. The first kappa shape index (κ1) is 8.02. The molecule has 0 aromatic carbocycles. The van der Waals surface area contributed by atoms with Crippen molar-refractivity contribution in [3.05, 3.63) is 0 Å². The van der Waals surface area contributed by atoms with E-state index in [4.69, 9.17) is 0 Å². The SMILES string of the molecule is CCC1(C)CNCCCN1. The van der Waals surface area contributed by atoms with E-state index in [0.29, 0.717) is 5.54 Å². The van der Waals surface area contributed by atoms with Gasteiger partial charge in [-0.2, -0.15) is 0 Å². The van der Waals surface area contributed by atoms with E-state index in [1.165, 1.54) is 19.4 Å². The van der Waals surface area contributed by atoms with Crippen molar-refractivity contribution >= 4 is 0 Å². The second-order valence-corrected chi connectivity index (χ2v) is 3.37. The molecule has 10 heavy (non-hydrogen) atoms. The van der Waals surface area contributed by atoms with Crippen LogP contribution in [0, 0.1) is 0 Å². The quantitative estimate of drug-likeness (QED) is 0.564. The molecule has 0 radical (unpaired) electrons. The van der Waals surface area contributed by atoms with Crippen molar-refractivity contribution in [2.75, 3.05) is 19.6 Å². The molecule has 0 saturated carbocycles. The molecular weight excluding hydrogens is 124 g/mol. The molecule has 0 aromatic heterocycles. The fraction of sp³-hybridized carbons (Fsp3) is 1.00. The van der Waals surface area contributed by atoms with Crippen molar-refractivity contribution in [2.45, 2.75) is 32.2 Å². The molecule has 0 spiro atoms. The number of hydrogen-bond donors (Lipinski definition) is 2. The highest BCUT2D eigenvalue weighted by Gasteiger charge is 2.21. The van der Waals surface area contributed by atoms with Gasteiger partial charge in [0, 0.05) is 12.1 Å². The molecule has 60 valence electrons. The minimum atomic E-state index is 0.344. The topological polar surface area (TPSA) is 24.1 Å². The Morgan fingerprint density at radius 1 is 1.40 bits per heavy atom. The Labute approximate surface area is 63.4 Å². The van der Waals surface area contributed by atoms with Gasteiger partial charge >= 0.3 is 0 Å². The minimum absolute atomic E-state index is 0.344. The van der Waals surface area contributed by atoms with Crippen molar-refractivity contribution in [2.24, 2.45) is 0 Å². The lowest BCUT2D eigenvalue weighted by atomic mass is 9.99. The fourth-order valence-corrected chi connectivity index (χ4v) is 1.28. The van der Waals surface area contributed by atoms with E-state index in [0.717, 1.165) is 13.1 Å². The summed E-state index contributed by atoms with van der Waals surface area (Å²) in [5.41, 5.74) is 0.344. The molecule has 2 heteroatoms. The largest absolute Gasteiger partial charge is 0.315 e. The van der Waals surface area contributed by atoms with E-state index in [1.54, 1.807) is 0 Å². The van der Waals surface area contributed by atoms with Gasteiger partial charge in [-0.25, -0.2) is 0 Å². The normalized spacial score (nSPS) is 35.4. The molecule has 1 rings (SSSR count). The van der Waals surface area contributed by atoms with Crippen LogP contribution in [0.2, 0.25) is 0 Å². The molecule has 2 N–H and O–H groups in total. The zero-order chi connectivity index (χ0) is 7.45. The van der Waals surface area contributed by atoms with E-state index in [9.17, 15) is 0 Å². The Morgan fingerprint density at radius 3 is 2.90 bits per heavy atom. The van der Waals surface area contributed by atoms with Gasteiger partial charge in [0.15, 0.2) is 0 Å². The Bertz CT molecular complexity index is 93.4. The van der Waals surface area contributed by atoms with Crippen LogP contribution < -0.4 is 10.6 Å². The van der Waals surface area contributed by atoms with Crippen molar-refractivity contribution in [3.8, 4) is 0 Å². The molecule has 1 saturated heterocycles. The first-order chi connectivity index (χ1) is 4.77. The third kappa shape index (κ3) is 1.96. The first-order valence-electron chi connectivity index (χ1n) is 4.22. The van der Waals surface area contributed by atoms with Crippen LogP contribution in [-0.2, 0) is 0 Å². The van der Waals surface area contributed by atoms with Gasteiger partial charge < -0.3 is 10.6 Å². The van der Waals surface area contributed by atoms with Crippen LogP contribution in [0.5, 0.6) is 0 Å². The van der Waals surface area contributed by atoms with E-state index in [2.05, 4.69) is 24.5 Å². The van der Waals surface area contributed by atoms with Crippen LogP contribution in [0.25, 0.3) is 0 Å². The van der Waals surface area contributed by atoms with Crippen molar-refractivity contribution in [1.29, 1.82) is 0 Å². The monoisotopic (exact) mass is 142 g/mol. The lowest BCUT2D eigenvalue weighted by Crippen LogP contribution is -2.47. The van der Waals surface area contributed by atoms with E-state index in [1.807, 2.05) is 0 Å². The summed E-state index contributed by atoms with van der Waals surface area (Å²) in [6, 6.07) is 0. The van der Waals surface area contributed by atoms with Crippen LogP contribution >= 0.6 is 0 Å². The van der Waals surface area contributed by atoms with Gasteiger partial charge in [0.2, 0.25) is 0 Å². The van der Waals surface area contributed by atoms with Gasteiger partial charge in [-0.3, -0.25) is 0 Å². The summed E-state index contributed by atoms with van der Waals surface area (Å²) in [7, 11) is 0. The predicted molar refractivity (Wildman–Crippen MR) is 44.2 cm³/mol. The molecule has 0 bridgehead atoms. The number of hydrogen-bond acceptors (Lipinski definition) is 2. The van der Waals surface area contributed by atoms with Gasteiger partial charge in [-0.05, 0) is 32.9 Å². The Morgan fingerprint density at radius 2 is 2.20 bits per heavy atom. The van der Waals surface area contributed by atoms with Crippen molar-refractivity contribution in [3.63, 3.8) is 0 Å². The molecule has 1 heterocycles. The molecule has 0 aromatic rings. The molecule has 0 amide bonds. The van der Waals surface area contributed by atoms with Gasteiger partial charge in [0.1, 0.15) is 0 Å². The third-order valence-corrected chi connectivity index (χ3v) is 2.38. The van der Waals surface area contributed by atoms with E-state index in [-0.39, 0.29) is 0 Å². The zero-order valence-corrected chi connectivity index (χ0v) is 7.04. The van der Waals surface area contributed by atoms with Gasteiger partial charge in [-0.1, -0.05) is 6.92 Å². The van der Waals surface area contributed by atoms with Crippen molar-refractivity contribution in [1.82, 2.24) is 10.6 Å². The molecule has 2 nitrogen and oxygen atoms in total. The van der Waals surface area contributed by atoms with Crippen LogP contribution in [-0.4, -0.2) is 25.2 Å². The zero-order valence-electron chi connectivity index (χ0n) is 7.04. The van der Waals surface area contributed by atoms with E-state index < -0.39 is 0 Å². The minimum Gasteiger partial charge on any atom is -0.315 e. The molecule has 1 fully saturated rings. The maximum Gasteiger partial charge on any atom is 0.0275 e. The highest BCUT2D eigenvalue weighted by molar-refractivity contribution is 4.85. The third-order valence-electron chi connectivity index (χ3n) is 2.38. The summed E-state index contributed by atoms with van der Waals surface area (Å²) in [4.78, 5) is 0. The number of nitrogens with one attached hydrogen (secondary N) is 2. The highest BCUT2D eigenvalue weighted by Crippen LogP contribution is 2.08. The number of rotatable bonds is 1. The second kappa shape index (κ2) is 3.35. The predicted octanol–water partition coefficient (Wildman–Crippen LogP) is 0.738. The van der Waals surface area contributed by atoms with Crippen LogP contribution in [0.4, 0.5) is 0 Å². The maximum atomic E-state index is 3.55. The summed E-state index contributed by atoms with van der Waals surface area (Å²) in [6.07, 6.45) is 2.47. The average Bonchev–Trinajstić information content (AvgIpc) is 2.15.